The summed E-state index contributed by atoms with van der Waals surface area (Å²) in [5.74, 6) is -0.594. The molecule has 0 saturated carbocycles. The second kappa shape index (κ2) is 2.92. The van der Waals surface area contributed by atoms with Crippen LogP contribution in [0.5, 0.6) is 0 Å². The zero-order valence-electron chi connectivity index (χ0n) is 8.19. The fourth-order valence-electron chi connectivity index (χ4n) is 1.89. The Labute approximate surface area is 77.8 Å². The van der Waals surface area contributed by atoms with Crippen LogP contribution in [-0.2, 0) is 14.2 Å². The van der Waals surface area contributed by atoms with Crippen molar-refractivity contribution in [2.24, 2.45) is 0 Å². The first-order valence-electron chi connectivity index (χ1n) is 4.65. The molecule has 2 aliphatic heterocycles. The Balaban J connectivity index is 2.11. The summed E-state index contributed by atoms with van der Waals surface area (Å²) in [6.45, 7) is 6.05. The van der Waals surface area contributed by atoms with E-state index in [4.69, 9.17) is 14.2 Å². The van der Waals surface area contributed by atoms with Crippen molar-refractivity contribution in [2.75, 3.05) is 6.61 Å². The summed E-state index contributed by atoms with van der Waals surface area (Å²) in [5.41, 5.74) is 0. The molecule has 0 radical (unpaired) electrons. The van der Waals surface area contributed by atoms with Crippen LogP contribution in [0.25, 0.3) is 0 Å². The molecule has 0 amide bonds. The van der Waals surface area contributed by atoms with Crippen molar-refractivity contribution in [1.82, 2.24) is 0 Å². The van der Waals surface area contributed by atoms with Gasteiger partial charge in [0.25, 0.3) is 0 Å². The second-order valence-corrected chi connectivity index (χ2v) is 4.17. The highest BCUT2D eigenvalue weighted by Gasteiger charge is 2.49. The molecule has 0 spiro atoms. The minimum atomic E-state index is -0.594. The molecular weight excluding hydrogens is 172 g/mol. The van der Waals surface area contributed by atoms with E-state index in [1.807, 2.05) is 20.8 Å². The first-order valence-corrected chi connectivity index (χ1v) is 4.65. The molecule has 2 saturated heterocycles. The van der Waals surface area contributed by atoms with Gasteiger partial charge in [0.1, 0.15) is 18.3 Å². The standard InChI is InChI=1S/C9H16O4/c1-5-7(10)8-6(4-11-5)12-9(2,3)13-8/h5-8,10H,4H2,1-3H3. The lowest BCUT2D eigenvalue weighted by Crippen LogP contribution is -2.50. The minimum Gasteiger partial charge on any atom is -0.388 e. The highest BCUT2D eigenvalue weighted by atomic mass is 16.8. The molecule has 4 heteroatoms. The fraction of sp³-hybridized carbons (Fsp3) is 1.00. The van der Waals surface area contributed by atoms with Gasteiger partial charge in [0.05, 0.1) is 12.7 Å². The van der Waals surface area contributed by atoms with E-state index in [1.54, 1.807) is 0 Å². The molecule has 13 heavy (non-hydrogen) atoms. The summed E-state index contributed by atoms with van der Waals surface area (Å²) in [4.78, 5) is 0. The van der Waals surface area contributed by atoms with Crippen LogP contribution in [0.3, 0.4) is 0 Å². The van der Waals surface area contributed by atoms with Gasteiger partial charge in [0, 0.05) is 0 Å². The van der Waals surface area contributed by atoms with Crippen molar-refractivity contribution in [2.45, 2.75) is 51.0 Å². The molecule has 2 aliphatic rings. The molecule has 0 aliphatic carbocycles. The number of aliphatic hydroxyl groups excluding tert-OH is 1. The Morgan fingerprint density at radius 2 is 2.00 bits per heavy atom. The van der Waals surface area contributed by atoms with Gasteiger partial charge in [-0.3, -0.25) is 0 Å². The minimum absolute atomic E-state index is 0.124. The van der Waals surface area contributed by atoms with Gasteiger partial charge in [-0.05, 0) is 20.8 Å². The number of aliphatic hydroxyl groups is 1. The largest absolute Gasteiger partial charge is 0.388 e. The van der Waals surface area contributed by atoms with Crippen LogP contribution in [0.1, 0.15) is 20.8 Å². The first kappa shape index (κ1) is 9.40. The normalized spacial score (nSPS) is 48.9. The molecule has 0 aromatic carbocycles. The van der Waals surface area contributed by atoms with Gasteiger partial charge < -0.3 is 19.3 Å². The highest BCUT2D eigenvalue weighted by Crippen LogP contribution is 2.34. The van der Waals surface area contributed by atoms with Crippen LogP contribution >= 0.6 is 0 Å². The predicted molar refractivity (Wildman–Crippen MR) is 45.2 cm³/mol. The van der Waals surface area contributed by atoms with Crippen molar-refractivity contribution in [3.05, 3.63) is 0 Å². The Bertz CT molecular complexity index is 204. The van der Waals surface area contributed by atoms with Crippen LogP contribution in [-0.4, -0.2) is 41.9 Å². The first-order chi connectivity index (χ1) is 5.99. The van der Waals surface area contributed by atoms with Gasteiger partial charge in [-0.15, -0.1) is 0 Å². The van der Waals surface area contributed by atoms with Crippen LogP contribution in [0.15, 0.2) is 0 Å². The molecule has 2 rings (SSSR count). The summed E-state index contributed by atoms with van der Waals surface area (Å²) >= 11 is 0. The summed E-state index contributed by atoms with van der Waals surface area (Å²) in [7, 11) is 0. The maximum absolute atomic E-state index is 9.75. The number of hydrogen-bond donors (Lipinski definition) is 1. The lowest BCUT2D eigenvalue weighted by molar-refractivity contribution is -0.157. The van der Waals surface area contributed by atoms with E-state index in [-0.39, 0.29) is 18.3 Å². The zero-order chi connectivity index (χ0) is 9.64. The van der Waals surface area contributed by atoms with Gasteiger partial charge in [-0.2, -0.15) is 0 Å². The van der Waals surface area contributed by atoms with Gasteiger partial charge >= 0.3 is 0 Å². The van der Waals surface area contributed by atoms with Gasteiger partial charge in [0.15, 0.2) is 5.79 Å². The molecular formula is C9H16O4. The lowest BCUT2D eigenvalue weighted by atomic mass is 10.0. The van der Waals surface area contributed by atoms with Gasteiger partial charge in [-0.1, -0.05) is 0 Å². The van der Waals surface area contributed by atoms with Crippen molar-refractivity contribution in [3.63, 3.8) is 0 Å². The van der Waals surface area contributed by atoms with E-state index < -0.39 is 11.9 Å². The van der Waals surface area contributed by atoms with Crippen molar-refractivity contribution in [1.29, 1.82) is 0 Å². The topological polar surface area (TPSA) is 47.9 Å². The number of rotatable bonds is 0. The second-order valence-electron chi connectivity index (χ2n) is 4.17. The van der Waals surface area contributed by atoms with Crippen LogP contribution < -0.4 is 0 Å². The molecule has 4 unspecified atom stereocenters. The third kappa shape index (κ3) is 1.59. The average molecular weight is 188 g/mol. The maximum Gasteiger partial charge on any atom is 0.164 e. The van der Waals surface area contributed by atoms with E-state index in [0.29, 0.717) is 6.61 Å². The Morgan fingerprint density at radius 1 is 1.31 bits per heavy atom. The van der Waals surface area contributed by atoms with E-state index in [1.165, 1.54) is 0 Å². The van der Waals surface area contributed by atoms with E-state index in [2.05, 4.69) is 0 Å². The summed E-state index contributed by atoms with van der Waals surface area (Å²) in [6, 6.07) is 0. The van der Waals surface area contributed by atoms with E-state index >= 15 is 0 Å². The van der Waals surface area contributed by atoms with Gasteiger partial charge in [0.2, 0.25) is 0 Å². The van der Waals surface area contributed by atoms with Gasteiger partial charge in [-0.25, -0.2) is 0 Å². The molecule has 2 heterocycles. The molecule has 76 valence electrons. The molecule has 0 aromatic rings. The quantitative estimate of drug-likeness (QED) is 0.593. The maximum atomic E-state index is 9.75. The third-order valence-electron chi connectivity index (χ3n) is 2.56. The van der Waals surface area contributed by atoms with Crippen LogP contribution in [0.4, 0.5) is 0 Å². The lowest BCUT2D eigenvalue weighted by Gasteiger charge is -2.32. The smallest absolute Gasteiger partial charge is 0.164 e. The molecule has 1 N–H and O–H groups in total. The number of fused-ring (bicyclic) bond motifs is 1. The van der Waals surface area contributed by atoms with Crippen molar-refractivity contribution >= 4 is 0 Å². The molecule has 2 fully saturated rings. The van der Waals surface area contributed by atoms with Crippen LogP contribution in [0, 0.1) is 0 Å². The Hall–Kier alpha value is -0.160. The van der Waals surface area contributed by atoms with Crippen LogP contribution in [0.2, 0.25) is 0 Å². The monoisotopic (exact) mass is 188 g/mol. The van der Waals surface area contributed by atoms with E-state index in [0.717, 1.165) is 0 Å². The number of hydrogen-bond acceptors (Lipinski definition) is 4. The van der Waals surface area contributed by atoms with Crippen molar-refractivity contribution < 1.29 is 19.3 Å². The van der Waals surface area contributed by atoms with E-state index in [9.17, 15) is 5.11 Å². The predicted octanol–water partition coefficient (Wildman–Crippen LogP) is 0.286. The molecule has 0 aromatic heterocycles. The summed E-state index contributed by atoms with van der Waals surface area (Å²) < 4.78 is 16.5. The average Bonchev–Trinajstić information content (AvgIpc) is 2.34. The number of ether oxygens (including phenoxy) is 3. The molecule has 4 nitrogen and oxygen atoms in total. The fourth-order valence-corrected chi connectivity index (χ4v) is 1.89. The summed E-state index contributed by atoms with van der Waals surface area (Å²) in [6.07, 6.45) is -1.11. The third-order valence-corrected chi connectivity index (χ3v) is 2.56. The SMILES string of the molecule is CC1OCC2OC(C)(C)OC2C1O. The molecule has 0 bridgehead atoms. The zero-order valence-corrected chi connectivity index (χ0v) is 8.19. The molecule has 4 atom stereocenters. The van der Waals surface area contributed by atoms with Crippen molar-refractivity contribution in [3.8, 4) is 0 Å². The Kier molecular flexibility index (Phi) is 2.11. The highest BCUT2D eigenvalue weighted by molar-refractivity contribution is 4.92. The Morgan fingerprint density at radius 3 is 2.69 bits per heavy atom. The summed E-state index contributed by atoms with van der Waals surface area (Å²) in [5, 5.41) is 9.75.